The Bertz CT molecular complexity index is 219. The number of rotatable bonds is 2. The molecule has 1 aliphatic heterocycles. The first-order valence-electron chi connectivity index (χ1n) is 5.33. The van der Waals surface area contributed by atoms with Crippen LogP contribution in [0.5, 0.6) is 0 Å². The molecule has 2 unspecified atom stereocenters. The maximum Gasteiger partial charge on any atom is 0.418 e. The summed E-state index contributed by atoms with van der Waals surface area (Å²) >= 11 is 0. The maximum absolute atomic E-state index is 12.6. The molecule has 0 radical (unpaired) electrons. The second kappa shape index (κ2) is 4.29. The molecule has 90 valence electrons. The second-order valence-electron chi connectivity index (χ2n) is 4.36. The van der Waals surface area contributed by atoms with Gasteiger partial charge in [0.05, 0.1) is 0 Å². The van der Waals surface area contributed by atoms with Crippen molar-refractivity contribution >= 4 is 0 Å². The van der Waals surface area contributed by atoms with Gasteiger partial charge in [0.1, 0.15) is 0 Å². The molecule has 15 heavy (non-hydrogen) atoms. The Labute approximate surface area is 88.1 Å². The smallest absolute Gasteiger partial charge is 0.379 e. The Hall–Kier alpha value is -0.290. The molecule has 5 heteroatoms. The largest absolute Gasteiger partial charge is 0.418 e. The quantitative estimate of drug-likeness (QED) is 0.778. The van der Waals surface area contributed by atoms with Crippen LogP contribution in [0.4, 0.5) is 13.2 Å². The second-order valence-corrected chi connectivity index (χ2v) is 4.36. The van der Waals surface area contributed by atoms with Crippen LogP contribution in [-0.2, 0) is 0 Å². The summed E-state index contributed by atoms with van der Waals surface area (Å²) in [4.78, 5) is 1.72. The predicted octanol–water partition coefficient (Wildman–Crippen LogP) is 2.17. The summed E-state index contributed by atoms with van der Waals surface area (Å²) in [5.74, 6) is 0. The van der Waals surface area contributed by atoms with Crippen LogP contribution in [0, 0.1) is 0 Å². The molecule has 0 aromatic heterocycles. The maximum atomic E-state index is 12.6. The number of alkyl halides is 3. The minimum Gasteiger partial charge on any atom is -0.379 e. The van der Waals surface area contributed by atoms with Crippen LogP contribution in [0.3, 0.4) is 0 Å². The lowest BCUT2D eigenvalue weighted by Crippen LogP contribution is -2.58. The zero-order valence-corrected chi connectivity index (χ0v) is 9.14. The van der Waals surface area contributed by atoms with Crippen LogP contribution in [-0.4, -0.2) is 40.9 Å². The highest BCUT2D eigenvalue weighted by molar-refractivity contribution is 4.94. The molecule has 0 spiro atoms. The van der Waals surface area contributed by atoms with E-state index in [1.165, 1.54) is 0 Å². The number of piperidine rings is 1. The van der Waals surface area contributed by atoms with Gasteiger partial charge in [-0.05, 0) is 32.7 Å². The summed E-state index contributed by atoms with van der Waals surface area (Å²) in [6, 6.07) is 0.0965. The van der Waals surface area contributed by atoms with Crippen molar-refractivity contribution in [2.75, 3.05) is 13.1 Å². The van der Waals surface area contributed by atoms with E-state index < -0.39 is 11.8 Å². The van der Waals surface area contributed by atoms with Gasteiger partial charge in [-0.1, -0.05) is 6.92 Å². The fourth-order valence-electron chi connectivity index (χ4n) is 1.93. The molecule has 1 aliphatic rings. The van der Waals surface area contributed by atoms with E-state index in [2.05, 4.69) is 0 Å². The van der Waals surface area contributed by atoms with Crippen molar-refractivity contribution in [1.82, 2.24) is 4.90 Å². The van der Waals surface area contributed by atoms with E-state index in [0.717, 1.165) is 6.42 Å². The van der Waals surface area contributed by atoms with Crippen molar-refractivity contribution in [2.45, 2.75) is 50.9 Å². The molecule has 1 saturated heterocycles. The van der Waals surface area contributed by atoms with Crippen LogP contribution in [0.25, 0.3) is 0 Å². The third-order valence-corrected chi connectivity index (χ3v) is 3.24. The van der Waals surface area contributed by atoms with Crippen molar-refractivity contribution in [2.24, 2.45) is 0 Å². The molecule has 1 rings (SSSR count). The summed E-state index contributed by atoms with van der Waals surface area (Å²) in [5, 5.41) is 9.56. The van der Waals surface area contributed by atoms with Crippen LogP contribution in [0.15, 0.2) is 0 Å². The lowest BCUT2D eigenvalue weighted by atomic mass is 9.91. The topological polar surface area (TPSA) is 23.5 Å². The van der Waals surface area contributed by atoms with Gasteiger partial charge in [-0.3, -0.25) is 4.90 Å². The van der Waals surface area contributed by atoms with E-state index in [0.29, 0.717) is 13.0 Å². The van der Waals surface area contributed by atoms with Crippen molar-refractivity contribution in [3.63, 3.8) is 0 Å². The van der Waals surface area contributed by atoms with Gasteiger partial charge >= 0.3 is 6.18 Å². The van der Waals surface area contributed by atoms with Gasteiger partial charge < -0.3 is 5.11 Å². The molecule has 2 atom stereocenters. The molecule has 0 aliphatic carbocycles. The molecule has 0 bridgehead atoms. The first-order chi connectivity index (χ1) is 6.80. The molecule has 0 saturated carbocycles. The molecule has 0 aromatic rings. The minimum atomic E-state index is -4.51. The Kier molecular flexibility index (Phi) is 3.66. The molecule has 0 amide bonds. The van der Waals surface area contributed by atoms with Crippen LogP contribution in [0.2, 0.25) is 0 Å². The number of hydrogen-bond donors (Lipinski definition) is 1. The fraction of sp³-hybridized carbons (Fsp3) is 1.00. The lowest BCUT2D eigenvalue weighted by molar-refractivity contribution is -0.275. The number of β-amino-alcohol motifs (C(OH)–C–C–N with tert-alkyl or cyclic N) is 1. The van der Waals surface area contributed by atoms with E-state index in [9.17, 15) is 18.3 Å². The van der Waals surface area contributed by atoms with Crippen LogP contribution < -0.4 is 0 Å². The third-order valence-electron chi connectivity index (χ3n) is 3.24. The van der Waals surface area contributed by atoms with Gasteiger partial charge in [0.25, 0.3) is 0 Å². The Balaban J connectivity index is 2.71. The first kappa shape index (κ1) is 12.8. The summed E-state index contributed by atoms with van der Waals surface area (Å²) in [6.45, 7) is 4.19. The molecule has 0 aromatic carbocycles. The van der Waals surface area contributed by atoms with E-state index in [1.807, 2.05) is 13.8 Å². The van der Waals surface area contributed by atoms with E-state index in [1.54, 1.807) is 4.90 Å². The number of hydrogen-bond acceptors (Lipinski definition) is 2. The highest BCUT2D eigenvalue weighted by Gasteiger charge is 2.55. The van der Waals surface area contributed by atoms with Crippen molar-refractivity contribution in [1.29, 1.82) is 0 Å². The number of aliphatic hydroxyl groups is 1. The predicted molar refractivity (Wildman–Crippen MR) is 51.6 cm³/mol. The molecular weight excluding hydrogens is 207 g/mol. The normalized spacial score (nSPS) is 31.6. The van der Waals surface area contributed by atoms with Gasteiger partial charge in [0.15, 0.2) is 5.60 Å². The Morgan fingerprint density at radius 3 is 2.53 bits per heavy atom. The average Bonchev–Trinajstić information content (AvgIpc) is 2.15. The summed E-state index contributed by atoms with van der Waals surface area (Å²) < 4.78 is 37.8. The molecule has 1 N–H and O–H groups in total. The zero-order chi connectivity index (χ0) is 11.7. The van der Waals surface area contributed by atoms with Crippen molar-refractivity contribution in [3.8, 4) is 0 Å². The Morgan fingerprint density at radius 2 is 2.07 bits per heavy atom. The summed E-state index contributed by atoms with van der Waals surface area (Å²) in [7, 11) is 0. The molecular formula is C10H18F3NO. The van der Waals surface area contributed by atoms with Gasteiger partial charge in [-0.15, -0.1) is 0 Å². The standard InChI is InChI=1S/C10H18F3NO/c1-3-8(2)14-6-4-5-9(15,7-14)10(11,12)13/h8,15H,3-7H2,1-2H3. The molecule has 1 heterocycles. The van der Waals surface area contributed by atoms with Gasteiger partial charge in [-0.25, -0.2) is 0 Å². The van der Waals surface area contributed by atoms with Gasteiger partial charge in [0.2, 0.25) is 0 Å². The average molecular weight is 225 g/mol. The zero-order valence-electron chi connectivity index (χ0n) is 9.14. The molecule has 1 fully saturated rings. The highest BCUT2D eigenvalue weighted by Crippen LogP contribution is 2.37. The fourth-order valence-corrected chi connectivity index (χ4v) is 1.93. The minimum absolute atomic E-state index is 0.0965. The van der Waals surface area contributed by atoms with E-state index >= 15 is 0 Å². The number of nitrogens with zero attached hydrogens (tertiary/aromatic N) is 1. The van der Waals surface area contributed by atoms with Crippen molar-refractivity contribution < 1.29 is 18.3 Å². The monoisotopic (exact) mass is 225 g/mol. The molecule has 2 nitrogen and oxygen atoms in total. The van der Waals surface area contributed by atoms with E-state index in [4.69, 9.17) is 0 Å². The number of halogens is 3. The van der Waals surface area contributed by atoms with E-state index in [-0.39, 0.29) is 19.0 Å². The van der Waals surface area contributed by atoms with Crippen LogP contribution >= 0.6 is 0 Å². The van der Waals surface area contributed by atoms with Crippen LogP contribution in [0.1, 0.15) is 33.1 Å². The third kappa shape index (κ3) is 2.64. The summed E-state index contributed by atoms with van der Waals surface area (Å²) in [5.41, 5.74) is -2.51. The van der Waals surface area contributed by atoms with Crippen molar-refractivity contribution in [3.05, 3.63) is 0 Å². The SMILES string of the molecule is CCC(C)N1CCCC(O)(C(F)(F)F)C1. The summed E-state index contributed by atoms with van der Waals surface area (Å²) in [6.07, 6.45) is -3.49. The highest BCUT2D eigenvalue weighted by atomic mass is 19.4. The lowest BCUT2D eigenvalue weighted by Gasteiger charge is -2.42. The number of likely N-dealkylation sites (tertiary alicyclic amines) is 1. The van der Waals surface area contributed by atoms with Gasteiger partial charge in [-0.2, -0.15) is 13.2 Å². The first-order valence-corrected chi connectivity index (χ1v) is 5.33. The Morgan fingerprint density at radius 1 is 1.47 bits per heavy atom. The van der Waals surface area contributed by atoms with Gasteiger partial charge in [0, 0.05) is 12.6 Å².